The molecule has 0 amide bonds. The molecule has 0 spiro atoms. The van der Waals surface area contributed by atoms with Gasteiger partial charge >= 0.3 is 0 Å². The van der Waals surface area contributed by atoms with E-state index in [0.717, 1.165) is 31.6 Å². The van der Waals surface area contributed by atoms with Gasteiger partial charge in [-0.05, 0) is 56.3 Å². The first-order valence-electron chi connectivity index (χ1n) is 8.12. The molecule has 0 atom stereocenters. The zero-order valence-corrected chi connectivity index (χ0v) is 13.6. The Kier molecular flexibility index (Phi) is 3.46. The molecule has 3 heteroatoms. The standard InChI is InChI=1S/C20H20FN2/c1-14-3-8-19-18(13-14)17-9-11-22(2)12-10-20(17)23(19)16-6-4-15(21)5-7-16/h3-6,8,13H,9-12H2,1-2H3. The third-order valence-electron chi connectivity index (χ3n) is 4.81. The van der Waals surface area contributed by atoms with Gasteiger partial charge in [0.05, 0.1) is 11.2 Å². The normalized spacial score (nSPS) is 15.6. The number of hydrogen-bond donors (Lipinski definition) is 0. The van der Waals surface area contributed by atoms with Crippen LogP contribution in [0.2, 0.25) is 0 Å². The fourth-order valence-electron chi connectivity index (χ4n) is 3.59. The fourth-order valence-corrected chi connectivity index (χ4v) is 3.59. The van der Waals surface area contributed by atoms with Crippen LogP contribution >= 0.6 is 0 Å². The fraction of sp³-hybridized carbons (Fsp3) is 0.300. The summed E-state index contributed by atoms with van der Waals surface area (Å²) in [4.78, 5) is 2.38. The van der Waals surface area contributed by atoms with Crippen LogP contribution < -0.4 is 0 Å². The van der Waals surface area contributed by atoms with E-state index in [1.807, 2.05) is 6.07 Å². The van der Waals surface area contributed by atoms with Crippen LogP contribution in [0.25, 0.3) is 16.6 Å². The third kappa shape index (κ3) is 2.45. The SMILES string of the molecule is Cc1ccc2c(c1)c1c(n2-c2[c]cc(F)cc2)CCN(C)CC1. The molecule has 0 saturated carbocycles. The summed E-state index contributed by atoms with van der Waals surface area (Å²) in [7, 11) is 2.17. The molecule has 23 heavy (non-hydrogen) atoms. The summed E-state index contributed by atoms with van der Waals surface area (Å²) in [5.74, 6) is -0.244. The van der Waals surface area contributed by atoms with E-state index in [1.54, 1.807) is 0 Å². The number of benzene rings is 2. The molecule has 2 heterocycles. The van der Waals surface area contributed by atoms with E-state index in [0.29, 0.717) is 0 Å². The summed E-state index contributed by atoms with van der Waals surface area (Å²) in [6, 6.07) is 14.5. The van der Waals surface area contributed by atoms with Gasteiger partial charge in [-0.2, -0.15) is 0 Å². The predicted molar refractivity (Wildman–Crippen MR) is 91.7 cm³/mol. The number of hydrogen-bond acceptors (Lipinski definition) is 1. The van der Waals surface area contributed by atoms with Crippen LogP contribution in [0.5, 0.6) is 0 Å². The van der Waals surface area contributed by atoms with Gasteiger partial charge in [0.1, 0.15) is 5.82 Å². The monoisotopic (exact) mass is 307 g/mol. The van der Waals surface area contributed by atoms with Crippen molar-refractivity contribution in [1.29, 1.82) is 0 Å². The molecule has 2 nitrogen and oxygen atoms in total. The van der Waals surface area contributed by atoms with Crippen molar-refractivity contribution in [2.75, 3.05) is 20.1 Å². The Bertz CT molecular complexity index is 861. The number of halogens is 1. The van der Waals surface area contributed by atoms with Gasteiger partial charge < -0.3 is 9.47 Å². The van der Waals surface area contributed by atoms with Crippen molar-refractivity contribution in [2.45, 2.75) is 19.8 Å². The lowest BCUT2D eigenvalue weighted by molar-refractivity contribution is 0.351. The molecule has 0 fully saturated rings. The lowest BCUT2D eigenvalue weighted by Gasteiger charge is -2.14. The average Bonchev–Trinajstić information content (AvgIpc) is 2.71. The van der Waals surface area contributed by atoms with Gasteiger partial charge in [0, 0.05) is 36.7 Å². The van der Waals surface area contributed by atoms with Crippen LogP contribution in [0.15, 0.2) is 36.4 Å². The van der Waals surface area contributed by atoms with Crippen LogP contribution in [0.4, 0.5) is 4.39 Å². The lowest BCUT2D eigenvalue weighted by Crippen LogP contribution is -2.21. The summed E-state index contributed by atoms with van der Waals surface area (Å²) in [5.41, 5.74) is 6.18. The number of nitrogens with zero attached hydrogens (tertiary/aromatic N) is 2. The Balaban J connectivity index is 2.00. The topological polar surface area (TPSA) is 8.17 Å². The summed E-state index contributed by atoms with van der Waals surface area (Å²) >= 11 is 0. The highest BCUT2D eigenvalue weighted by atomic mass is 19.1. The predicted octanol–water partition coefficient (Wildman–Crippen LogP) is 3.91. The van der Waals surface area contributed by atoms with E-state index in [2.05, 4.69) is 47.7 Å². The molecule has 0 bridgehead atoms. The Labute approximate surface area is 136 Å². The van der Waals surface area contributed by atoms with Gasteiger partial charge in [0.2, 0.25) is 0 Å². The van der Waals surface area contributed by atoms with Gasteiger partial charge in [-0.1, -0.05) is 11.6 Å². The van der Waals surface area contributed by atoms with E-state index in [1.165, 1.54) is 39.9 Å². The molecular weight excluding hydrogens is 287 g/mol. The minimum Gasteiger partial charge on any atom is -0.313 e. The van der Waals surface area contributed by atoms with Crippen LogP contribution in [0, 0.1) is 18.8 Å². The molecule has 0 aliphatic carbocycles. The zero-order valence-electron chi connectivity index (χ0n) is 13.6. The molecule has 3 aromatic rings. The van der Waals surface area contributed by atoms with Crippen LogP contribution in [-0.2, 0) is 12.8 Å². The van der Waals surface area contributed by atoms with Crippen molar-refractivity contribution in [1.82, 2.24) is 9.47 Å². The Morgan fingerprint density at radius 1 is 1.09 bits per heavy atom. The van der Waals surface area contributed by atoms with Gasteiger partial charge in [-0.25, -0.2) is 4.39 Å². The first kappa shape index (κ1) is 14.5. The van der Waals surface area contributed by atoms with E-state index in [9.17, 15) is 4.39 Å². The second-order valence-electron chi connectivity index (χ2n) is 6.48. The molecule has 0 N–H and O–H groups in total. The van der Waals surface area contributed by atoms with Crippen LogP contribution in [-0.4, -0.2) is 29.6 Å². The Morgan fingerprint density at radius 2 is 1.91 bits per heavy atom. The maximum absolute atomic E-state index is 13.3. The second kappa shape index (κ2) is 5.50. The maximum Gasteiger partial charge on any atom is 0.123 e. The van der Waals surface area contributed by atoms with Gasteiger partial charge in [-0.3, -0.25) is 0 Å². The molecule has 2 aromatic carbocycles. The van der Waals surface area contributed by atoms with Gasteiger partial charge in [0.25, 0.3) is 0 Å². The van der Waals surface area contributed by atoms with E-state index < -0.39 is 0 Å². The summed E-state index contributed by atoms with van der Waals surface area (Å²) in [6.45, 7) is 4.26. The highest BCUT2D eigenvalue weighted by Crippen LogP contribution is 2.32. The van der Waals surface area contributed by atoms with Crippen LogP contribution in [0.1, 0.15) is 16.8 Å². The van der Waals surface area contributed by atoms with E-state index in [4.69, 9.17) is 0 Å². The van der Waals surface area contributed by atoms with Crippen molar-refractivity contribution in [3.63, 3.8) is 0 Å². The Morgan fingerprint density at radius 3 is 2.70 bits per heavy atom. The molecule has 0 unspecified atom stereocenters. The number of aryl methyl sites for hydroxylation is 1. The quantitative estimate of drug-likeness (QED) is 0.662. The molecule has 117 valence electrons. The molecule has 1 radical (unpaired) electrons. The second-order valence-corrected chi connectivity index (χ2v) is 6.48. The highest BCUT2D eigenvalue weighted by molar-refractivity contribution is 5.88. The first-order valence-corrected chi connectivity index (χ1v) is 8.12. The molecule has 0 saturated heterocycles. The molecular formula is C20H20FN2. The van der Waals surface area contributed by atoms with Gasteiger partial charge in [-0.15, -0.1) is 0 Å². The Hall–Kier alpha value is -2.13. The third-order valence-corrected chi connectivity index (χ3v) is 4.81. The van der Waals surface area contributed by atoms with Crippen molar-refractivity contribution >= 4 is 10.9 Å². The van der Waals surface area contributed by atoms with Crippen molar-refractivity contribution in [3.05, 3.63) is 65.1 Å². The minimum atomic E-state index is -0.244. The first-order chi connectivity index (χ1) is 11.1. The molecule has 1 aromatic heterocycles. The zero-order chi connectivity index (χ0) is 16.0. The van der Waals surface area contributed by atoms with Crippen molar-refractivity contribution in [2.24, 2.45) is 0 Å². The highest BCUT2D eigenvalue weighted by Gasteiger charge is 2.21. The number of fused-ring (bicyclic) bond motifs is 3. The molecule has 1 aliphatic rings. The van der Waals surface area contributed by atoms with E-state index in [-0.39, 0.29) is 5.82 Å². The number of rotatable bonds is 1. The molecule has 4 rings (SSSR count). The van der Waals surface area contributed by atoms with Gasteiger partial charge in [0.15, 0.2) is 0 Å². The average molecular weight is 307 g/mol. The maximum atomic E-state index is 13.3. The largest absolute Gasteiger partial charge is 0.313 e. The smallest absolute Gasteiger partial charge is 0.123 e. The number of aromatic nitrogens is 1. The van der Waals surface area contributed by atoms with Crippen molar-refractivity contribution < 1.29 is 4.39 Å². The minimum absolute atomic E-state index is 0.244. The molecule has 1 aliphatic heterocycles. The summed E-state index contributed by atoms with van der Waals surface area (Å²) in [5, 5.41) is 1.33. The van der Waals surface area contributed by atoms with Crippen molar-refractivity contribution in [3.8, 4) is 5.69 Å². The lowest BCUT2D eigenvalue weighted by atomic mass is 10.1. The van der Waals surface area contributed by atoms with E-state index >= 15 is 0 Å². The number of likely N-dealkylation sites (N-methyl/N-ethyl adjacent to an activating group) is 1. The summed E-state index contributed by atoms with van der Waals surface area (Å²) < 4.78 is 15.6. The summed E-state index contributed by atoms with van der Waals surface area (Å²) in [6.07, 6.45) is 2.06. The van der Waals surface area contributed by atoms with Crippen LogP contribution in [0.3, 0.4) is 0 Å².